The number of hydrogen-bond donors (Lipinski definition) is 1. The van der Waals surface area contributed by atoms with Crippen molar-refractivity contribution >= 4 is 6.29 Å². The van der Waals surface area contributed by atoms with Crippen LogP contribution in [0.15, 0.2) is 0 Å². The molecule has 0 heterocycles. The standard InChI is InChI=1S/C7H15NO.H2/c1-3-4-5-7(2,8)6-9;/h6H,3-5,8H2,1-2H3;1H/t7-;/m1./s1. The molecule has 0 saturated carbocycles. The highest BCUT2D eigenvalue weighted by atomic mass is 16.1. The number of hydrogen-bond acceptors (Lipinski definition) is 2. The first-order chi connectivity index (χ1) is 4.12. The molecular weight excluding hydrogens is 114 g/mol. The number of carbonyl (C=O) groups is 1. The Hall–Kier alpha value is -0.370. The van der Waals surface area contributed by atoms with Crippen molar-refractivity contribution in [2.75, 3.05) is 0 Å². The summed E-state index contributed by atoms with van der Waals surface area (Å²) >= 11 is 0. The lowest BCUT2D eigenvalue weighted by atomic mass is 9.99. The monoisotopic (exact) mass is 131 g/mol. The fourth-order valence-electron chi connectivity index (χ4n) is 0.617. The van der Waals surface area contributed by atoms with Gasteiger partial charge in [0.2, 0.25) is 0 Å². The molecule has 0 aromatic rings. The van der Waals surface area contributed by atoms with Gasteiger partial charge in [-0.15, -0.1) is 0 Å². The van der Waals surface area contributed by atoms with Gasteiger partial charge in [-0.05, 0) is 13.3 Å². The van der Waals surface area contributed by atoms with Crippen LogP contribution in [0, 0.1) is 0 Å². The van der Waals surface area contributed by atoms with E-state index in [4.69, 9.17) is 5.73 Å². The van der Waals surface area contributed by atoms with Crippen LogP contribution in [-0.4, -0.2) is 11.8 Å². The molecule has 56 valence electrons. The van der Waals surface area contributed by atoms with E-state index < -0.39 is 5.54 Å². The van der Waals surface area contributed by atoms with Crippen LogP contribution < -0.4 is 5.73 Å². The van der Waals surface area contributed by atoms with Crippen LogP contribution in [0.3, 0.4) is 0 Å². The van der Waals surface area contributed by atoms with Crippen LogP contribution in [0.5, 0.6) is 0 Å². The zero-order valence-corrected chi connectivity index (χ0v) is 6.18. The van der Waals surface area contributed by atoms with Gasteiger partial charge < -0.3 is 10.5 Å². The predicted molar refractivity (Wildman–Crippen MR) is 40.3 cm³/mol. The maximum Gasteiger partial charge on any atom is 0.139 e. The van der Waals surface area contributed by atoms with Gasteiger partial charge in [-0.3, -0.25) is 0 Å². The van der Waals surface area contributed by atoms with Crippen molar-refractivity contribution in [2.24, 2.45) is 5.73 Å². The molecule has 0 aliphatic carbocycles. The third kappa shape index (κ3) is 4.15. The molecule has 0 aliphatic heterocycles. The Morgan fingerprint density at radius 3 is 2.67 bits per heavy atom. The molecule has 1 atom stereocenters. The lowest BCUT2D eigenvalue weighted by Gasteiger charge is -2.14. The zero-order valence-electron chi connectivity index (χ0n) is 6.18. The molecule has 0 aromatic heterocycles. The summed E-state index contributed by atoms with van der Waals surface area (Å²) in [5.41, 5.74) is 4.95. The third-order valence-electron chi connectivity index (χ3n) is 1.34. The van der Waals surface area contributed by atoms with Gasteiger partial charge >= 0.3 is 0 Å². The minimum Gasteiger partial charge on any atom is -0.319 e. The van der Waals surface area contributed by atoms with E-state index in [0.717, 1.165) is 25.5 Å². The van der Waals surface area contributed by atoms with Crippen LogP contribution in [-0.2, 0) is 4.79 Å². The molecule has 2 N–H and O–H groups in total. The van der Waals surface area contributed by atoms with Crippen molar-refractivity contribution < 1.29 is 6.22 Å². The molecule has 2 nitrogen and oxygen atoms in total. The summed E-state index contributed by atoms with van der Waals surface area (Å²) in [5.74, 6) is 0. The normalized spacial score (nSPS) is 16.8. The number of rotatable bonds is 4. The summed E-state index contributed by atoms with van der Waals surface area (Å²) < 4.78 is 0. The van der Waals surface area contributed by atoms with Crippen molar-refractivity contribution in [3.63, 3.8) is 0 Å². The summed E-state index contributed by atoms with van der Waals surface area (Å²) in [6.07, 6.45) is 3.75. The van der Waals surface area contributed by atoms with E-state index in [1.54, 1.807) is 6.92 Å². The topological polar surface area (TPSA) is 43.1 Å². The van der Waals surface area contributed by atoms with E-state index in [2.05, 4.69) is 6.92 Å². The molecule has 0 spiro atoms. The van der Waals surface area contributed by atoms with Gasteiger partial charge in [-0.1, -0.05) is 19.8 Å². The molecule has 0 rings (SSSR count). The number of unbranched alkanes of at least 4 members (excludes halogenated alkanes) is 1. The Balaban J connectivity index is 0. The summed E-state index contributed by atoms with van der Waals surface area (Å²) in [7, 11) is 0. The van der Waals surface area contributed by atoms with E-state index in [1.165, 1.54) is 0 Å². The van der Waals surface area contributed by atoms with E-state index in [0.29, 0.717) is 0 Å². The van der Waals surface area contributed by atoms with E-state index in [1.807, 2.05) is 0 Å². The summed E-state index contributed by atoms with van der Waals surface area (Å²) in [4.78, 5) is 10.2. The zero-order chi connectivity index (χ0) is 7.33. The quantitative estimate of drug-likeness (QED) is 0.585. The largest absolute Gasteiger partial charge is 0.319 e. The Bertz CT molecular complexity index is 93.6. The fourth-order valence-corrected chi connectivity index (χ4v) is 0.617. The second-order valence-electron chi connectivity index (χ2n) is 2.73. The van der Waals surface area contributed by atoms with Gasteiger partial charge in [0.25, 0.3) is 0 Å². The number of carbonyl (C=O) groups excluding carboxylic acids is 1. The van der Waals surface area contributed by atoms with Gasteiger partial charge in [0.05, 0.1) is 5.54 Å². The van der Waals surface area contributed by atoms with Crippen molar-refractivity contribution in [2.45, 2.75) is 38.6 Å². The van der Waals surface area contributed by atoms with Gasteiger partial charge in [-0.25, -0.2) is 0 Å². The molecule has 2 heteroatoms. The number of aldehydes is 1. The molecule has 0 radical (unpaired) electrons. The van der Waals surface area contributed by atoms with E-state index >= 15 is 0 Å². The minimum absolute atomic E-state index is 0. The molecular formula is C7H17NO. The van der Waals surface area contributed by atoms with Gasteiger partial charge in [0.15, 0.2) is 0 Å². The Labute approximate surface area is 57.9 Å². The fraction of sp³-hybridized carbons (Fsp3) is 0.857. The first-order valence-corrected chi connectivity index (χ1v) is 3.37. The summed E-state index contributed by atoms with van der Waals surface area (Å²) in [6.45, 7) is 3.84. The van der Waals surface area contributed by atoms with Crippen molar-refractivity contribution in [3.8, 4) is 0 Å². The Morgan fingerprint density at radius 2 is 2.33 bits per heavy atom. The first kappa shape index (κ1) is 8.63. The van der Waals surface area contributed by atoms with Crippen molar-refractivity contribution in [1.29, 1.82) is 0 Å². The minimum atomic E-state index is -0.587. The predicted octanol–water partition coefficient (Wildman–Crippen LogP) is 1.34. The van der Waals surface area contributed by atoms with Gasteiger partial charge in [0.1, 0.15) is 6.29 Å². The van der Waals surface area contributed by atoms with E-state index in [9.17, 15) is 4.79 Å². The smallest absolute Gasteiger partial charge is 0.139 e. The third-order valence-corrected chi connectivity index (χ3v) is 1.34. The second kappa shape index (κ2) is 3.62. The van der Waals surface area contributed by atoms with Crippen LogP contribution in [0.4, 0.5) is 0 Å². The first-order valence-electron chi connectivity index (χ1n) is 3.37. The van der Waals surface area contributed by atoms with Crippen LogP contribution in [0.25, 0.3) is 0 Å². The van der Waals surface area contributed by atoms with Crippen LogP contribution in [0.2, 0.25) is 0 Å². The maximum absolute atomic E-state index is 10.2. The molecule has 0 fully saturated rings. The molecule has 9 heavy (non-hydrogen) atoms. The van der Waals surface area contributed by atoms with E-state index in [-0.39, 0.29) is 1.43 Å². The lowest BCUT2D eigenvalue weighted by molar-refractivity contribution is -0.112. The maximum atomic E-state index is 10.2. The molecule has 0 saturated heterocycles. The Morgan fingerprint density at radius 1 is 1.78 bits per heavy atom. The van der Waals surface area contributed by atoms with Crippen molar-refractivity contribution in [1.82, 2.24) is 0 Å². The average molecular weight is 131 g/mol. The Kier molecular flexibility index (Phi) is 3.47. The molecule has 0 aromatic carbocycles. The average Bonchev–Trinajstić information content (AvgIpc) is 1.84. The molecule has 0 amide bonds. The van der Waals surface area contributed by atoms with Gasteiger partial charge in [0, 0.05) is 1.43 Å². The SMILES string of the molecule is CCCC[C@@](C)(N)C=O.[HH]. The lowest BCUT2D eigenvalue weighted by Crippen LogP contribution is -2.37. The second-order valence-corrected chi connectivity index (χ2v) is 2.73. The van der Waals surface area contributed by atoms with Gasteiger partial charge in [-0.2, -0.15) is 0 Å². The molecule has 0 bridgehead atoms. The highest BCUT2D eigenvalue weighted by Gasteiger charge is 2.14. The highest BCUT2D eigenvalue weighted by molar-refractivity contribution is 5.62. The number of nitrogens with two attached hydrogens (primary N) is 1. The van der Waals surface area contributed by atoms with Crippen LogP contribution in [0.1, 0.15) is 34.5 Å². The van der Waals surface area contributed by atoms with Crippen LogP contribution >= 0.6 is 0 Å². The highest BCUT2D eigenvalue weighted by Crippen LogP contribution is 2.06. The molecule has 0 unspecified atom stereocenters. The molecule has 0 aliphatic rings. The summed E-state index contributed by atoms with van der Waals surface area (Å²) in [6, 6.07) is 0. The van der Waals surface area contributed by atoms with Crippen molar-refractivity contribution in [3.05, 3.63) is 0 Å². The summed E-state index contributed by atoms with van der Waals surface area (Å²) in [5, 5.41) is 0.